The second kappa shape index (κ2) is 9.63. The monoisotopic (exact) mass is 544 g/mol. The summed E-state index contributed by atoms with van der Waals surface area (Å²) >= 11 is 6.19. The van der Waals surface area contributed by atoms with E-state index in [9.17, 15) is 19.1 Å². The first-order valence-corrected chi connectivity index (χ1v) is 12.6. The van der Waals surface area contributed by atoms with Crippen molar-refractivity contribution < 1.29 is 28.2 Å². The molecule has 0 aliphatic carbocycles. The molecule has 39 heavy (non-hydrogen) atoms. The van der Waals surface area contributed by atoms with E-state index < -0.39 is 23.5 Å². The largest absolute Gasteiger partial charge is 0.503 e. The molecule has 1 aliphatic heterocycles. The van der Waals surface area contributed by atoms with Gasteiger partial charge in [0.2, 0.25) is 5.78 Å². The number of aromatic amines is 1. The number of nitrogens with one attached hydrogen (secondary N) is 1. The van der Waals surface area contributed by atoms with Gasteiger partial charge in [-0.3, -0.25) is 9.59 Å². The second-order valence-corrected chi connectivity index (χ2v) is 9.73. The Labute approximate surface area is 227 Å². The number of rotatable bonds is 7. The molecule has 2 N–H and O–H groups in total. The van der Waals surface area contributed by atoms with Crippen LogP contribution in [0, 0.1) is 5.82 Å². The number of Topliss-reactive ketones (excluding diaryl/α,β-unsaturated/α-hetero) is 1. The molecule has 1 aliphatic rings. The Balaban J connectivity index is 1.44. The van der Waals surface area contributed by atoms with Crippen LogP contribution in [-0.2, 0) is 11.2 Å². The molecule has 196 valence electrons. The molecule has 1 atom stereocenters. The Hall–Kier alpha value is -4.56. The SMILES string of the molecule is COc1cc(Cl)cc2cc(C(=O)C3=C(O)C(=O)N(CCc4ccc(F)cc4)C3c3c[nH]c4ccccc34)oc12. The number of furan rings is 1. The number of hydrogen-bond acceptors (Lipinski definition) is 5. The maximum Gasteiger partial charge on any atom is 0.290 e. The van der Waals surface area contributed by atoms with E-state index >= 15 is 0 Å². The van der Waals surface area contributed by atoms with Crippen LogP contribution in [0.1, 0.15) is 27.7 Å². The molecule has 0 radical (unpaired) electrons. The van der Waals surface area contributed by atoms with Gasteiger partial charge in [0, 0.05) is 45.7 Å². The number of methoxy groups -OCH3 is 1. The van der Waals surface area contributed by atoms with E-state index in [1.807, 2.05) is 24.3 Å². The summed E-state index contributed by atoms with van der Waals surface area (Å²) < 4.78 is 24.6. The van der Waals surface area contributed by atoms with Crippen LogP contribution in [0.15, 0.2) is 88.7 Å². The third kappa shape index (κ3) is 4.23. The van der Waals surface area contributed by atoms with Gasteiger partial charge in [0.05, 0.1) is 18.7 Å². The lowest BCUT2D eigenvalue weighted by molar-refractivity contribution is -0.129. The average molecular weight is 545 g/mol. The number of nitrogens with zero attached hydrogens (tertiary/aromatic N) is 1. The van der Waals surface area contributed by atoms with Crippen LogP contribution in [0.5, 0.6) is 5.75 Å². The number of carbonyl (C=O) groups is 2. The van der Waals surface area contributed by atoms with Gasteiger partial charge in [-0.15, -0.1) is 0 Å². The van der Waals surface area contributed by atoms with Gasteiger partial charge in [0.25, 0.3) is 5.91 Å². The Morgan fingerprint density at radius 1 is 1.15 bits per heavy atom. The topological polar surface area (TPSA) is 95.8 Å². The smallest absolute Gasteiger partial charge is 0.290 e. The standard InChI is InChI=1S/C30H22ClFN2O5/c1-38-24-14-18(31)12-17-13-23(39-29(17)24)27(35)25-26(21-15-33-22-5-3-2-4-20(21)22)34(30(37)28(25)36)11-10-16-6-8-19(32)9-7-16/h2-9,12-15,26,33,36H,10-11H2,1H3. The third-order valence-corrected chi connectivity index (χ3v) is 7.23. The van der Waals surface area contributed by atoms with Crippen molar-refractivity contribution in [2.75, 3.05) is 13.7 Å². The second-order valence-electron chi connectivity index (χ2n) is 9.30. The Kier molecular flexibility index (Phi) is 6.12. The van der Waals surface area contributed by atoms with Crippen molar-refractivity contribution in [3.63, 3.8) is 0 Å². The fourth-order valence-corrected chi connectivity index (χ4v) is 5.36. The summed E-state index contributed by atoms with van der Waals surface area (Å²) in [6, 6.07) is 17.3. The normalized spacial score (nSPS) is 15.6. The first kappa shape index (κ1) is 24.8. The Morgan fingerprint density at radius 2 is 1.92 bits per heavy atom. The minimum Gasteiger partial charge on any atom is -0.503 e. The van der Waals surface area contributed by atoms with Gasteiger partial charge in [-0.2, -0.15) is 0 Å². The van der Waals surface area contributed by atoms with Gasteiger partial charge in [0.1, 0.15) is 5.82 Å². The number of fused-ring (bicyclic) bond motifs is 2. The number of carbonyl (C=O) groups excluding carboxylic acids is 2. The molecule has 0 spiro atoms. The van der Waals surface area contributed by atoms with Crippen LogP contribution < -0.4 is 4.74 Å². The number of para-hydroxylation sites is 1. The maximum absolute atomic E-state index is 13.9. The maximum atomic E-state index is 13.9. The predicted octanol–water partition coefficient (Wildman–Crippen LogP) is 6.54. The lowest BCUT2D eigenvalue weighted by atomic mass is 9.94. The molecule has 2 aromatic heterocycles. The molecule has 1 unspecified atom stereocenters. The summed E-state index contributed by atoms with van der Waals surface area (Å²) in [5.41, 5.74) is 2.52. The number of aliphatic hydroxyl groups is 1. The number of H-pyrrole nitrogens is 1. The van der Waals surface area contributed by atoms with Crippen molar-refractivity contribution >= 4 is 45.2 Å². The van der Waals surface area contributed by atoms with Crippen LogP contribution in [0.3, 0.4) is 0 Å². The first-order chi connectivity index (χ1) is 18.9. The van der Waals surface area contributed by atoms with E-state index in [2.05, 4.69) is 4.98 Å². The highest BCUT2D eigenvalue weighted by molar-refractivity contribution is 6.31. The predicted molar refractivity (Wildman–Crippen MR) is 145 cm³/mol. The highest BCUT2D eigenvalue weighted by atomic mass is 35.5. The highest BCUT2D eigenvalue weighted by Gasteiger charge is 2.45. The summed E-state index contributed by atoms with van der Waals surface area (Å²) in [4.78, 5) is 32.0. The van der Waals surface area contributed by atoms with Gasteiger partial charge in [0.15, 0.2) is 22.9 Å². The molecular weight excluding hydrogens is 523 g/mol. The molecule has 6 rings (SSSR count). The summed E-state index contributed by atoms with van der Waals surface area (Å²) in [7, 11) is 1.46. The number of aromatic nitrogens is 1. The molecule has 3 aromatic carbocycles. The molecule has 7 nitrogen and oxygen atoms in total. The minimum atomic E-state index is -0.889. The number of aliphatic hydroxyl groups excluding tert-OH is 1. The molecule has 0 bridgehead atoms. The van der Waals surface area contributed by atoms with E-state index in [1.54, 1.807) is 30.5 Å². The van der Waals surface area contributed by atoms with E-state index in [1.165, 1.54) is 30.2 Å². The van der Waals surface area contributed by atoms with Crippen molar-refractivity contribution in [3.8, 4) is 5.75 Å². The first-order valence-electron chi connectivity index (χ1n) is 12.2. The van der Waals surface area contributed by atoms with Crippen molar-refractivity contribution in [2.45, 2.75) is 12.5 Å². The van der Waals surface area contributed by atoms with E-state index in [0.717, 1.165) is 16.5 Å². The molecule has 5 aromatic rings. The molecule has 0 fully saturated rings. The van der Waals surface area contributed by atoms with Crippen LogP contribution in [-0.4, -0.2) is 40.3 Å². The molecule has 1 amide bonds. The van der Waals surface area contributed by atoms with Crippen LogP contribution in [0.2, 0.25) is 5.02 Å². The average Bonchev–Trinajstić information content (AvgIpc) is 3.62. The Bertz CT molecular complexity index is 1790. The van der Waals surface area contributed by atoms with Gasteiger partial charge in [-0.05, 0) is 42.3 Å². The van der Waals surface area contributed by atoms with Gasteiger partial charge < -0.3 is 24.1 Å². The van der Waals surface area contributed by atoms with Crippen molar-refractivity contribution in [3.05, 3.63) is 112 Å². The fraction of sp³-hybridized carbons (Fsp3) is 0.133. The number of benzene rings is 3. The number of hydrogen-bond donors (Lipinski definition) is 2. The number of amides is 1. The zero-order valence-corrected chi connectivity index (χ0v) is 21.5. The van der Waals surface area contributed by atoms with Crippen LogP contribution in [0.4, 0.5) is 4.39 Å². The Morgan fingerprint density at radius 3 is 2.69 bits per heavy atom. The molecule has 0 saturated heterocycles. The summed E-state index contributed by atoms with van der Waals surface area (Å²) in [5, 5.41) is 12.8. The van der Waals surface area contributed by atoms with Crippen LogP contribution >= 0.6 is 11.6 Å². The number of halogens is 2. The summed E-state index contributed by atoms with van der Waals surface area (Å²) in [6.07, 6.45) is 2.13. The van der Waals surface area contributed by atoms with Crippen molar-refractivity contribution in [2.24, 2.45) is 0 Å². The molecular formula is C30H22ClFN2O5. The summed E-state index contributed by atoms with van der Waals surface area (Å²) in [5.74, 6) is -2.01. The number of ether oxygens (including phenoxy) is 1. The van der Waals surface area contributed by atoms with E-state index in [-0.39, 0.29) is 23.7 Å². The zero-order chi connectivity index (χ0) is 27.3. The fourth-order valence-electron chi connectivity index (χ4n) is 5.14. The molecule has 3 heterocycles. The lowest BCUT2D eigenvalue weighted by Crippen LogP contribution is -2.33. The summed E-state index contributed by atoms with van der Waals surface area (Å²) in [6.45, 7) is 0.180. The zero-order valence-electron chi connectivity index (χ0n) is 20.7. The van der Waals surface area contributed by atoms with Gasteiger partial charge in [-0.25, -0.2) is 4.39 Å². The van der Waals surface area contributed by atoms with Gasteiger partial charge >= 0.3 is 0 Å². The molecule has 9 heteroatoms. The van der Waals surface area contributed by atoms with Crippen LogP contribution in [0.25, 0.3) is 21.9 Å². The van der Waals surface area contributed by atoms with Crippen molar-refractivity contribution in [1.82, 2.24) is 9.88 Å². The van der Waals surface area contributed by atoms with Gasteiger partial charge in [-0.1, -0.05) is 41.9 Å². The number of ketones is 1. The highest BCUT2D eigenvalue weighted by Crippen LogP contribution is 2.43. The van der Waals surface area contributed by atoms with E-state index in [4.69, 9.17) is 20.8 Å². The van der Waals surface area contributed by atoms with Crippen molar-refractivity contribution in [1.29, 1.82) is 0 Å². The lowest BCUT2D eigenvalue weighted by Gasteiger charge is -2.26. The molecule has 0 saturated carbocycles. The quantitative estimate of drug-likeness (QED) is 0.227. The van der Waals surface area contributed by atoms with E-state index in [0.29, 0.717) is 33.7 Å². The third-order valence-electron chi connectivity index (χ3n) is 7.01. The minimum absolute atomic E-state index is 0.0647.